The highest BCUT2D eigenvalue weighted by atomic mass is 16.2. The van der Waals surface area contributed by atoms with Crippen molar-refractivity contribution in [1.29, 1.82) is 0 Å². The molecular formula is C28H36N2O. The maximum absolute atomic E-state index is 12.9. The Morgan fingerprint density at radius 1 is 0.935 bits per heavy atom. The standard InChI is InChI=1S/C28H36N2O/c1-21-6-5-16-29(21)17-15-22-9-11-24(12-10-22)26-14-13-25-19-30(20-27(25)26)28(31)18-23-7-3-2-4-8-23/h2-4,7-12,21,25-27H,5-6,13-20H2,1H3/t21-,25-,26+,27+/m1/s1. The summed E-state index contributed by atoms with van der Waals surface area (Å²) in [4.78, 5) is 17.6. The number of benzene rings is 2. The predicted octanol–water partition coefficient (Wildman–Crippen LogP) is 4.91. The highest BCUT2D eigenvalue weighted by molar-refractivity contribution is 5.79. The van der Waals surface area contributed by atoms with Crippen molar-refractivity contribution in [3.05, 3.63) is 71.3 Å². The minimum Gasteiger partial charge on any atom is -0.342 e. The molecule has 0 spiro atoms. The number of fused-ring (bicyclic) bond motifs is 1. The first kappa shape index (κ1) is 20.8. The summed E-state index contributed by atoms with van der Waals surface area (Å²) in [6, 6.07) is 20.4. The van der Waals surface area contributed by atoms with Gasteiger partial charge in [0.15, 0.2) is 0 Å². The summed E-state index contributed by atoms with van der Waals surface area (Å²) in [7, 11) is 0. The van der Waals surface area contributed by atoms with Crippen LogP contribution in [0.4, 0.5) is 0 Å². The first-order valence-corrected chi connectivity index (χ1v) is 12.3. The van der Waals surface area contributed by atoms with Crippen molar-refractivity contribution in [2.45, 2.75) is 57.4 Å². The van der Waals surface area contributed by atoms with Gasteiger partial charge in [0.25, 0.3) is 0 Å². The molecule has 3 aliphatic rings. The van der Waals surface area contributed by atoms with Gasteiger partial charge in [-0.1, -0.05) is 54.6 Å². The lowest BCUT2D eigenvalue weighted by molar-refractivity contribution is -0.129. The predicted molar refractivity (Wildman–Crippen MR) is 126 cm³/mol. The van der Waals surface area contributed by atoms with Crippen LogP contribution in [-0.2, 0) is 17.6 Å². The van der Waals surface area contributed by atoms with Crippen LogP contribution in [0.1, 0.15) is 55.2 Å². The van der Waals surface area contributed by atoms with Gasteiger partial charge in [-0.15, -0.1) is 0 Å². The third kappa shape index (κ3) is 4.57. The van der Waals surface area contributed by atoms with Crippen LogP contribution in [0.2, 0.25) is 0 Å². The molecule has 1 saturated carbocycles. The maximum Gasteiger partial charge on any atom is 0.227 e. The van der Waals surface area contributed by atoms with Crippen LogP contribution in [0.15, 0.2) is 54.6 Å². The molecule has 3 fully saturated rings. The Hall–Kier alpha value is -2.13. The van der Waals surface area contributed by atoms with E-state index in [1.165, 1.54) is 49.9 Å². The van der Waals surface area contributed by atoms with Crippen molar-refractivity contribution in [3.8, 4) is 0 Å². The summed E-state index contributed by atoms with van der Waals surface area (Å²) in [5.74, 6) is 2.23. The second-order valence-electron chi connectivity index (χ2n) is 10.1. The highest BCUT2D eigenvalue weighted by Crippen LogP contribution is 2.47. The van der Waals surface area contributed by atoms with Gasteiger partial charge in [0.1, 0.15) is 0 Å². The summed E-state index contributed by atoms with van der Waals surface area (Å²) in [5, 5.41) is 0. The second-order valence-corrected chi connectivity index (χ2v) is 10.1. The first-order valence-electron chi connectivity index (χ1n) is 12.3. The van der Waals surface area contributed by atoms with Gasteiger partial charge in [-0.05, 0) is 80.0 Å². The molecule has 0 unspecified atom stereocenters. The largest absolute Gasteiger partial charge is 0.342 e. The lowest BCUT2D eigenvalue weighted by atomic mass is 9.86. The summed E-state index contributed by atoms with van der Waals surface area (Å²) in [6.07, 6.45) is 6.95. The fraction of sp³-hybridized carbons (Fsp3) is 0.536. The summed E-state index contributed by atoms with van der Waals surface area (Å²) in [6.45, 7) is 6.72. The Morgan fingerprint density at radius 2 is 1.74 bits per heavy atom. The maximum atomic E-state index is 12.9. The van der Waals surface area contributed by atoms with E-state index in [-0.39, 0.29) is 0 Å². The Balaban J connectivity index is 1.17. The molecule has 0 radical (unpaired) electrons. The lowest BCUT2D eigenvalue weighted by Gasteiger charge is -2.22. The first-order chi connectivity index (χ1) is 15.2. The van der Waals surface area contributed by atoms with Crippen molar-refractivity contribution >= 4 is 5.91 Å². The zero-order valence-electron chi connectivity index (χ0n) is 18.9. The number of amides is 1. The van der Waals surface area contributed by atoms with Gasteiger partial charge in [-0.3, -0.25) is 4.79 Å². The normalized spacial score (nSPS) is 28.2. The van der Waals surface area contributed by atoms with Crippen LogP contribution in [0.3, 0.4) is 0 Å². The average molecular weight is 417 g/mol. The molecule has 5 rings (SSSR count). The molecule has 0 N–H and O–H groups in total. The minimum absolute atomic E-state index is 0.297. The molecule has 3 heteroatoms. The molecule has 2 aromatic carbocycles. The number of hydrogen-bond acceptors (Lipinski definition) is 2. The molecule has 31 heavy (non-hydrogen) atoms. The second kappa shape index (κ2) is 9.16. The topological polar surface area (TPSA) is 23.6 Å². The van der Waals surface area contributed by atoms with E-state index < -0.39 is 0 Å². The molecule has 2 heterocycles. The van der Waals surface area contributed by atoms with E-state index in [0.717, 1.165) is 31.1 Å². The molecule has 0 bridgehead atoms. The van der Waals surface area contributed by atoms with E-state index in [1.54, 1.807) is 0 Å². The molecule has 4 atom stereocenters. The van der Waals surface area contributed by atoms with Crippen LogP contribution in [-0.4, -0.2) is 47.9 Å². The fourth-order valence-electron chi connectivity index (χ4n) is 6.29. The Bertz CT molecular complexity index is 878. The highest BCUT2D eigenvalue weighted by Gasteiger charge is 2.44. The van der Waals surface area contributed by atoms with E-state index in [9.17, 15) is 4.79 Å². The fourth-order valence-corrected chi connectivity index (χ4v) is 6.29. The average Bonchev–Trinajstić information content (AvgIpc) is 3.49. The number of nitrogens with zero attached hydrogens (tertiary/aromatic N) is 2. The van der Waals surface area contributed by atoms with Crippen LogP contribution in [0, 0.1) is 11.8 Å². The van der Waals surface area contributed by atoms with E-state index in [2.05, 4.69) is 53.1 Å². The Morgan fingerprint density at radius 3 is 2.48 bits per heavy atom. The van der Waals surface area contributed by atoms with Gasteiger partial charge in [0.2, 0.25) is 5.91 Å². The number of likely N-dealkylation sites (tertiary alicyclic amines) is 2. The van der Waals surface area contributed by atoms with E-state index in [1.807, 2.05) is 18.2 Å². The van der Waals surface area contributed by atoms with Gasteiger partial charge < -0.3 is 9.80 Å². The van der Waals surface area contributed by atoms with E-state index in [0.29, 0.717) is 30.1 Å². The van der Waals surface area contributed by atoms with Crippen molar-refractivity contribution in [2.75, 3.05) is 26.2 Å². The summed E-state index contributed by atoms with van der Waals surface area (Å²) < 4.78 is 0. The van der Waals surface area contributed by atoms with Crippen molar-refractivity contribution in [2.24, 2.45) is 11.8 Å². The van der Waals surface area contributed by atoms with Crippen LogP contribution < -0.4 is 0 Å². The smallest absolute Gasteiger partial charge is 0.227 e. The minimum atomic E-state index is 0.297. The van der Waals surface area contributed by atoms with E-state index >= 15 is 0 Å². The summed E-state index contributed by atoms with van der Waals surface area (Å²) in [5.41, 5.74) is 4.08. The molecule has 3 nitrogen and oxygen atoms in total. The molecular weight excluding hydrogens is 380 g/mol. The Kier molecular flexibility index (Phi) is 6.13. The zero-order chi connectivity index (χ0) is 21.2. The number of rotatable bonds is 6. The van der Waals surface area contributed by atoms with Crippen LogP contribution in [0.5, 0.6) is 0 Å². The van der Waals surface area contributed by atoms with Crippen LogP contribution in [0.25, 0.3) is 0 Å². The lowest BCUT2D eigenvalue weighted by Crippen LogP contribution is -2.31. The van der Waals surface area contributed by atoms with Crippen molar-refractivity contribution in [1.82, 2.24) is 9.80 Å². The van der Waals surface area contributed by atoms with Crippen molar-refractivity contribution in [3.63, 3.8) is 0 Å². The van der Waals surface area contributed by atoms with Gasteiger partial charge in [0, 0.05) is 25.7 Å². The number of carbonyl (C=O) groups is 1. The molecule has 2 aromatic rings. The zero-order valence-corrected chi connectivity index (χ0v) is 18.9. The van der Waals surface area contributed by atoms with Crippen molar-refractivity contribution < 1.29 is 4.79 Å². The van der Waals surface area contributed by atoms with Gasteiger partial charge >= 0.3 is 0 Å². The third-order valence-corrected chi connectivity index (χ3v) is 8.19. The van der Waals surface area contributed by atoms with Gasteiger partial charge in [-0.2, -0.15) is 0 Å². The monoisotopic (exact) mass is 416 g/mol. The molecule has 0 aromatic heterocycles. The van der Waals surface area contributed by atoms with E-state index in [4.69, 9.17) is 0 Å². The molecule has 1 amide bonds. The molecule has 1 aliphatic carbocycles. The summed E-state index contributed by atoms with van der Waals surface area (Å²) >= 11 is 0. The van der Waals surface area contributed by atoms with Gasteiger partial charge in [-0.25, -0.2) is 0 Å². The SMILES string of the molecule is C[C@@H]1CCCN1CCc1ccc([C@@H]2CC[C@@H]3CN(C(=O)Cc4ccccc4)C[C@@H]32)cc1. The van der Waals surface area contributed by atoms with Crippen LogP contribution >= 0.6 is 0 Å². The molecule has 2 aliphatic heterocycles. The molecule has 2 saturated heterocycles. The van der Waals surface area contributed by atoms with Gasteiger partial charge in [0.05, 0.1) is 6.42 Å². The Labute approximate surface area is 187 Å². The quantitative estimate of drug-likeness (QED) is 0.668. The third-order valence-electron chi connectivity index (χ3n) is 8.19. The number of carbonyl (C=O) groups excluding carboxylic acids is 1. The number of hydrogen-bond donors (Lipinski definition) is 0. The molecule has 164 valence electrons.